The van der Waals surface area contributed by atoms with Crippen LogP contribution in [0.1, 0.15) is 0 Å². The van der Waals surface area contributed by atoms with E-state index in [2.05, 4.69) is 5.32 Å². The third kappa shape index (κ3) is 2.55. The molecule has 2 rings (SSSR count). The number of hydrogen-bond donors (Lipinski definition) is 3. The number of rotatable bonds is 2. The summed E-state index contributed by atoms with van der Waals surface area (Å²) in [5, 5.41) is 11.8. The van der Waals surface area contributed by atoms with Gasteiger partial charge in [0, 0.05) is 5.56 Å². The van der Waals surface area contributed by atoms with Gasteiger partial charge in [-0.05, 0) is 23.8 Å². The van der Waals surface area contributed by atoms with E-state index < -0.39 is 6.03 Å². The second-order valence-corrected chi connectivity index (χ2v) is 3.58. The Morgan fingerprint density at radius 2 is 1.71 bits per heavy atom. The van der Waals surface area contributed by atoms with E-state index in [1.165, 1.54) is 0 Å². The van der Waals surface area contributed by atoms with E-state index in [1.807, 2.05) is 18.2 Å². The van der Waals surface area contributed by atoms with Gasteiger partial charge in [-0.3, -0.25) is 0 Å². The highest BCUT2D eigenvalue weighted by atomic mass is 16.3. The number of benzene rings is 2. The van der Waals surface area contributed by atoms with Gasteiger partial charge in [0.1, 0.15) is 5.75 Å². The Balaban J connectivity index is 2.44. The number of carbonyl (C=O) groups is 1. The van der Waals surface area contributed by atoms with Crippen LogP contribution in [0.15, 0.2) is 48.5 Å². The molecule has 2 aromatic carbocycles. The summed E-state index contributed by atoms with van der Waals surface area (Å²) in [6, 6.07) is 13.5. The van der Waals surface area contributed by atoms with E-state index in [9.17, 15) is 9.90 Å². The third-order valence-electron chi connectivity index (χ3n) is 2.36. The predicted molar refractivity (Wildman–Crippen MR) is 66.7 cm³/mol. The fourth-order valence-electron chi connectivity index (χ4n) is 1.62. The highest BCUT2D eigenvalue weighted by molar-refractivity contribution is 5.93. The van der Waals surface area contributed by atoms with Gasteiger partial charge < -0.3 is 16.2 Å². The Labute approximate surface area is 98.7 Å². The summed E-state index contributed by atoms with van der Waals surface area (Å²) in [4.78, 5) is 10.9. The summed E-state index contributed by atoms with van der Waals surface area (Å²) in [6.45, 7) is 0. The van der Waals surface area contributed by atoms with E-state index >= 15 is 0 Å². The summed E-state index contributed by atoms with van der Waals surface area (Å²) in [6.07, 6.45) is 0. The zero-order valence-corrected chi connectivity index (χ0v) is 9.05. The zero-order chi connectivity index (χ0) is 12.3. The monoisotopic (exact) mass is 228 g/mol. The van der Waals surface area contributed by atoms with Crippen LogP contribution in [-0.4, -0.2) is 11.1 Å². The lowest BCUT2D eigenvalue weighted by Gasteiger charge is -2.09. The number of nitrogens with one attached hydrogen (secondary N) is 1. The van der Waals surface area contributed by atoms with Crippen molar-refractivity contribution < 1.29 is 9.90 Å². The molecule has 0 heterocycles. The SMILES string of the molecule is NC(=O)Nc1ccccc1-c1ccc(O)cc1. The lowest BCUT2D eigenvalue weighted by Crippen LogP contribution is -2.19. The van der Waals surface area contributed by atoms with Crippen molar-refractivity contribution in [1.29, 1.82) is 0 Å². The normalized spacial score (nSPS) is 9.88. The molecule has 4 nitrogen and oxygen atoms in total. The van der Waals surface area contributed by atoms with Crippen molar-refractivity contribution in [2.45, 2.75) is 0 Å². The molecule has 0 saturated heterocycles. The van der Waals surface area contributed by atoms with E-state index in [0.717, 1.165) is 11.1 Å². The summed E-state index contributed by atoms with van der Waals surface area (Å²) in [5.41, 5.74) is 7.50. The van der Waals surface area contributed by atoms with Crippen molar-refractivity contribution in [2.24, 2.45) is 5.73 Å². The summed E-state index contributed by atoms with van der Waals surface area (Å²) in [7, 11) is 0. The minimum absolute atomic E-state index is 0.203. The lowest BCUT2D eigenvalue weighted by molar-refractivity contribution is 0.259. The van der Waals surface area contributed by atoms with Crippen LogP contribution in [0, 0.1) is 0 Å². The minimum Gasteiger partial charge on any atom is -0.508 e. The highest BCUT2D eigenvalue weighted by Crippen LogP contribution is 2.28. The van der Waals surface area contributed by atoms with Crippen LogP contribution in [-0.2, 0) is 0 Å². The second kappa shape index (κ2) is 4.57. The van der Waals surface area contributed by atoms with Gasteiger partial charge in [0.25, 0.3) is 0 Å². The Bertz CT molecular complexity index is 535. The van der Waals surface area contributed by atoms with Crippen LogP contribution in [0.4, 0.5) is 10.5 Å². The number of primary amides is 1. The van der Waals surface area contributed by atoms with Gasteiger partial charge in [0.15, 0.2) is 0 Å². The zero-order valence-electron chi connectivity index (χ0n) is 9.05. The van der Waals surface area contributed by atoms with E-state index in [4.69, 9.17) is 5.73 Å². The number of hydrogen-bond acceptors (Lipinski definition) is 2. The average molecular weight is 228 g/mol. The van der Waals surface area contributed by atoms with Crippen molar-refractivity contribution >= 4 is 11.7 Å². The van der Waals surface area contributed by atoms with Crippen LogP contribution in [0.25, 0.3) is 11.1 Å². The van der Waals surface area contributed by atoms with Gasteiger partial charge in [0.05, 0.1) is 5.69 Å². The molecule has 2 amide bonds. The van der Waals surface area contributed by atoms with Crippen molar-refractivity contribution in [3.05, 3.63) is 48.5 Å². The number of amides is 2. The van der Waals surface area contributed by atoms with Gasteiger partial charge >= 0.3 is 6.03 Å². The third-order valence-corrected chi connectivity index (χ3v) is 2.36. The molecule has 2 aromatic rings. The maximum Gasteiger partial charge on any atom is 0.316 e. The quantitative estimate of drug-likeness (QED) is 0.738. The minimum atomic E-state index is -0.601. The number of phenols is 1. The number of aromatic hydroxyl groups is 1. The topological polar surface area (TPSA) is 75.4 Å². The molecule has 4 heteroatoms. The molecular weight excluding hydrogens is 216 g/mol. The molecule has 0 aliphatic rings. The Hall–Kier alpha value is -2.49. The predicted octanol–water partition coefficient (Wildman–Crippen LogP) is 2.55. The maximum absolute atomic E-state index is 10.9. The van der Waals surface area contributed by atoms with Gasteiger partial charge in [-0.25, -0.2) is 4.79 Å². The number of anilines is 1. The number of urea groups is 1. The molecule has 0 aliphatic carbocycles. The van der Waals surface area contributed by atoms with Gasteiger partial charge in [-0.2, -0.15) is 0 Å². The standard InChI is InChI=1S/C13H12N2O2/c14-13(17)15-12-4-2-1-3-11(12)9-5-7-10(16)8-6-9/h1-8,16H,(H3,14,15,17). The van der Waals surface area contributed by atoms with Crippen LogP contribution in [0.5, 0.6) is 5.75 Å². The molecule has 0 radical (unpaired) electrons. The fourth-order valence-corrected chi connectivity index (χ4v) is 1.62. The number of para-hydroxylation sites is 1. The van der Waals surface area contributed by atoms with Gasteiger partial charge in [0.2, 0.25) is 0 Å². The molecule has 0 bridgehead atoms. The van der Waals surface area contributed by atoms with Crippen LogP contribution in [0.2, 0.25) is 0 Å². The average Bonchev–Trinajstić information content (AvgIpc) is 2.30. The summed E-state index contributed by atoms with van der Waals surface area (Å²) < 4.78 is 0. The van der Waals surface area contributed by atoms with Crippen LogP contribution in [0.3, 0.4) is 0 Å². The molecule has 0 unspecified atom stereocenters. The van der Waals surface area contributed by atoms with E-state index in [0.29, 0.717) is 5.69 Å². The molecule has 0 aromatic heterocycles. The molecule has 0 atom stereocenters. The molecule has 4 N–H and O–H groups in total. The Morgan fingerprint density at radius 3 is 2.35 bits per heavy atom. The fraction of sp³-hybridized carbons (Fsp3) is 0. The molecule has 86 valence electrons. The van der Waals surface area contributed by atoms with E-state index in [1.54, 1.807) is 30.3 Å². The van der Waals surface area contributed by atoms with E-state index in [-0.39, 0.29) is 5.75 Å². The molecular formula is C13H12N2O2. The van der Waals surface area contributed by atoms with Crippen molar-refractivity contribution in [2.75, 3.05) is 5.32 Å². The maximum atomic E-state index is 10.9. The number of nitrogens with two attached hydrogens (primary N) is 1. The first-order chi connectivity index (χ1) is 8.16. The molecule has 0 spiro atoms. The number of phenolic OH excluding ortho intramolecular Hbond substituents is 1. The Kier molecular flexibility index (Phi) is 2.96. The molecule has 17 heavy (non-hydrogen) atoms. The summed E-state index contributed by atoms with van der Waals surface area (Å²) in [5.74, 6) is 0.203. The van der Waals surface area contributed by atoms with Crippen molar-refractivity contribution in [3.63, 3.8) is 0 Å². The largest absolute Gasteiger partial charge is 0.508 e. The first-order valence-corrected chi connectivity index (χ1v) is 5.12. The first kappa shape index (κ1) is 11.0. The Morgan fingerprint density at radius 1 is 1.06 bits per heavy atom. The number of carbonyl (C=O) groups excluding carboxylic acids is 1. The smallest absolute Gasteiger partial charge is 0.316 e. The second-order valence-electron chi connectivity index (χ2n) is 3.58. The van der Waals surface area contributed by atoms with Gasteiger partial charge in [-0.1, -0.05) is 30.3 Å². The first-order valence-electron chi connectivity index (χ1n) is 5.12. The summed E-state index contributed by atoms with van der Waals surface area (Å²) >= 11 is 0. The van der Waals surface area contributed by atoms with Crippen LogP contribution < -0.4 is 11.1 Å². The lowest BCUT2D eigenvalue weighted by atomic mass is 10.0. The van der Waals surface area contributed by atoms with Gasteiger partial charge in [-0.15, -0.1) is 0 Å². The molecule has 0 fully saturated rings. The molecule has 0 saturated carbocycles. The molecule has 0 aliphatic heterocycles. The van der Waals surface area contributed by atoms with Crippen LogP contribution >= 0.6 is 0 Å². The highest BCUT2D eigenvalue weighted by Gasteiger charge is 2.05. The van der Waals surface area contributed by atoms with Crippen molar-refractivity contribution in [1.82, 2.24) is 0 Å². The van der Waals surface area contributed by atoms with Crippen molar-refractivity contribution in [3.8, 4) is 16.9 Å².